The predicted molar refractivity (Wildman–Crippen MR) is 79.9 cm³/mol. The Hall–Kier alpha value is -2.49. The largest absolute Gasteiger partial charge is 0.508 e. The molecule has 0 atom stereocenters. The average molecular weight is 286 g/mol. The molecule has 4 heteroatoms. The molecule has 2 rings (SSSR count). The van der Waals surface area contributed by atoms with Gasteiger partial charge in [0.2, 0.25) is 0 Å². The Morgan fingerprint density at radius 1 is 1.05 bits per heavy atom. The van der Waals surface area contributed by atoms with E-state index in [0.29, 0.717) is 17.5 Å². The van der Waals surface area contributed by atoms with Crippen molar-refractivity contribution in [3.05, 3.63) is 53.1 Å². The number of aromatic hydroxyl groups is 3. The molecule has 0 bridgehead atoms. The molecular weight excluding hydrogens is 268 g/mol. The Bertz CT molecular complexity index is 639. The Labute approximate surface area is 123 Å². The van der Waals surface area contributed by atoms with E-state index in [1.54, 1.807) is 18.2 Å². The van der Waals surface area contributed by atoms with E-state index in [9.17, 15) is 20.1 Å². The Morgan fingerprint density at radius 3 is 2.29 bits per heavy atom. The van der Waals surface area contributed by atoms with Gasteiger partial charge in [0.1, 0.15) is 17.2 Å². The van der Waals surface area contributed by atoms with Crippen molar-refractivity contribution in [3.8, 4) is 17.2 Å². The molecule has 110 valence electrons. The molecule has 0 unspecified atom stereocenters. The van der Waals surface area contributed by atoms with E-state index < -0.39 is 0 Å². The number of benzene rings is 2. The number of phenols is 3. The van der Waals surface area contributed by atoms with Crippen LogP contribution in [0.1, 0.15) is 41.3 Å². The minimum Gasteiger partial charge on any atom is -0.508 e. The Kier molecular flexibility index (Phi) is 4.48. The van der Waals surface area contributed by atoms with Crippen molar-refractivity contribution >= 4 is 5.78 Å². The zero-order valence-corrected chi connectivity index (χ0v) is 11.8. The highest BCUT2D eigenvalue weighted by Crippen LogP contribution is 2.34. The van der Waals surface area contributed by atoms with Gasteiger partial charge < -0.3 is 15.3 Å². The van der Waals surface area contributed by atoms with E-state index in [0.717, 1.165) is 12.0 Å². The summed E-state index contributed by atoms with van der Waals surface area (Å²) in [5, 5.41) is 29.0. The molecule has 0 aliphatic carbocycles. The second-order valence-electron chi connectivity index (χ2n) is 4.97. The summed E-state index contributed by atoms with van der Waals surface area (Å²) in [5.41, 5.74) is 1.64. The lowest BCUT2D eigenvalue weighted by molar-refractivity contribution is 0.0981. The third kappa shape index (κ3) is 3.34. The summed E-state index contributed by atoms with van der Waals surface area (Å²) < 4.78 is 0. The van der Waals surface area contributed by atoms with E-state index in [2.05, 4.69) is 0 Å². The first-order chi connectivity index (χ1) is 10.0. The molecule has 0 amide bonds. The number of carbonyl (C=O) groups excluding carboxylic acids is 1. The molecule has 2 aromatic rings. The number of rotatable bonds is 5. The highest BCUT2D eigenvalue weighted by atomic mass is 16.3. The molecule has 2 aromatic carbocycles. The van der Waals surface area contributed by atoms with Gasteiger partial charge in [-0.3, -0.25) is 4.79 Å². The lowest BCUT2D eigenvalue weighted by atomic mass is 9.95. The minimum absolute atomic E-state index is 0.0471. The van der Waals surface area contributed by atoms with Crippen molar-refractivity contribution < 1.29 is 20.1 Å². The smallest absolute Gasteiger partial charge is 0.163 e. The summed E-state index contributed by atoms with van der Waals surface area (Å²) >= 11 is 0. The van der Waals surface area contributed by atoms with Crippen LogP contribution in [0.2, 0.25) is 0 Å². The average Bonchev–Trinajstić information content (AvgIpc) is 2.43. The van der Waals surface area contributed by atoms with Gasteiger partial charge >= 0.3 is 0 Å². The fraction of sp³-hybridized carbons (Fsp3) is 0.235. The molecule has 4 nitrogen and oxygen atoms in total. The van der Waals surface area contributed by atoms with Gasteiger partial charge in [-0.1, -0.05) is 31.2 Å². The molecule has 0 aromatic heterocycles. The summed E-state index contributed by atoms with van der Waals surface area (Å²) in [6.45, 7) is 1.94. The molecule has 0 saturated carbocycles. The number of Topliss-reactive ketones (excluding diaryl/α,β-unsaturated/α-hetero) is 1. The van der Waals surface area contributed by atoms with Crippen LogP contribution in [-0.4, -0.2) is 21.1 Å². The van der Waals surface area contributed by atoms with Gasteiger partial charge in [0.05, 0.1) is 0 Å². The van der Waals surface area contributed by atoms with Crippen LogP contribution in [0.5, 0.6) is 17.2 Å². The summed E-state index contributed by atoms with van der Waals surface area (Å²) in [6, 6.07) is 9.50. The second kappa shape index (κ2) is 6.31. The van der Waals surface area contributed by atoms with Crippen molar-refractivity contribution in [2.24, 2.45) is 0 Å². The SMILES string of the molecule is CCCC(=O)c1ccccc1Cc1c(O)cc(O)cc1O. The third-order valence-corrected chi connectivity index (χ3v) is 3.35. The first-order valence-electron chi connectivity index (χ1n) is 6.87. The third-order valence-electron chi connectivity index (χ3n) is 3.35. The number of carbonyl (C=O) groups is 1. The van der Waals surface area contributed by atoms with Crippen LogP contribution in [0.3, 0.4) is 0 Å². The predicted octanol–water partition coefficient (Wildman–Crippen LogP) is 3.38. The summed E-state index contributed by atoms with van der Waals surface area (Å²) in [5.74, 6) is -0.537. The van der Waals surface area contributed by atoms with E-state index >= 15 is 0 Å². The summed E-state index contributed by atoms with van der Waals surface area (Å²) in [6.07, 6.45) is 1.46. The van der Waals surface area contributed by atoms with Gasteiger partial charge in [-0.25, -0.2) is 0 Å². The molecule has 0 saturated heterocycles. The van der Waals surface area contributed by atoms with E-state index in [1.807, 2.05) is 13.0 Å². The van der Waals surface area contributed by atoms with Crippen LogP contribution in [0.4, 0.5) is 0 Å². The monoisotopic (exact) mass is 286 g/mol. The quantitative estimate of drug-likeness (QED) is 0.736. The van der Waals surface area contributed by atoms with Crippen molar-refractivity contribution in [1.82, 2.24) is 0 Å². The minimum atomic E-state index is -0.205. The van der Waals surface area contributed by atoms with Crippen LogP contribution < -0.4 is 0 Å². The van der Waals surface area contributed by atoms with E-state index in [4.69, 9.17) is 0 Å². The summed E-state index contributed by atoms with van der Waals surface area (Å²) in [7, 11) is 0. The maximum atomic E-state index is 12.1. The van der Waals surface area contributed by atoms with Gasteiger partial charge in [-0.15, -0.1) is 0 Å². The molecule has 0 aliphatic heterocycles. The number of phenolic OH excluding ortho intramolecular Hbond substituents is 3. The fourth-order valence-electron chi connectivity index (χ4n) is 2.31. The number of hydrogen-bond acceptors (Lipinski definition) is 4. The molecule has 0 heterocycles. The molecule has 21 heavy (non-hydrogen) atoms. The van der Waals surface area contributed by atoms with E-state index in [1.165, 1.54) is 12.1 Å². The Balaban J connectivity index is 2.39. The van der Waals surface area contributed by atoms with Crippen LogP contribution in [0, 0.1) is 0 Å². The standard InChI is InChI=1S/C17H18O4/c1-2-5-15(19)13-7-4-3-6-11(13)8-14-16(20)9-12(18)10-17(14)21/h3-4,6-7,9-10,18,20-21H,2,5,8H2,1H3. The second-order valence-corrected chi connectivity index (χ2v) is 4.97. The molecular formula is C17H18O4. The fourth-order valence-corrected chi connectivity index (χ4v) is 2.31. The van der Waals surface area contributed by atoms with Gasteiger partial charge in [0, 0.05) is 36.1 Å². The van der Waals surface area contributed by atoms with E-state index in [-0.39, 0.29) is 29.5 Å². The number of ketones is 1. The molecule has 0 spiro atoms. The zero-order valence-electron chi connectivity index (χ0n) is 11.8. The van der Waals surface area contributed by atoms with Crippen LogP contribution in [0.25, 0.3) is 0 Å². The zero-order chi connectivity index (χ0) is 15.4. The van der Waals surface area contributed by atoms with Gasteiger partial charge in [0.15, 0.2) is 5.78 Å². The van der Waals surface area contributed by atoms with Crippen LogP contribution >= 0.6 is 0 Å². The number of hydrogen-bond donors (Lipinski definition) is 3. The van der Waals surface area contributed by atoms with Crippen LogP contribution in [0.15, 0.2) is 36.4 Å². The molecule has 0 radical (unpaired) electrons. The highest BCUT2D eigenvalue weighted by molar-refractivity contribution is 5.97. The van der Waals surface area contributed by atoms with Gasteiger partial charge in [0.25, 0.3) is 0 Å². The van der Waals surface area contributed by atoms with Crippen molar-refractivity contribution in [1.29, 1.82) is 0 Å². The molecule has 0 aliphatic rings. The molecule has 0 fully saturated rings. The summed E-state index contributed by atoms with van der Waals surface area (Å²) in [4.78, 5) is 12.1. The van der Waals surface area contributed by atoms with Crippen LogP contribution in [-0.2, 0) is 6.42 Å². The normalized spacial score (nSPS) is 10.5. The first kappa shape index (κ1) is 14.9. The lowest BCUT2D eigenvalue weighted by Gasteiger charge is -2.11. The molecule has 3 N–H and O–H groups in total. The van der Waals surface area contributed by atoms with Gasteiger partial charge in [-0.05, 0) is 12.0 Å². The Morgan fingerprint density at radius 2 is 1.67 bits per heavy atom. The van der Waals surface area contributed by atoms with Crippen molar-refractivity contribution in [3.63, 3.8) is 0 Å². The first-order valence-corrected chi connectivity index (χ1v) is 6.87. The topological polar surface area (TPSA) is 77.8 Å². The lowest BCUT2D eigenvalue weighted by Crippen LogP contribution is -2.04. The highest BCUT2D eigenvalue weighted by Gasteiger charge is 2.15. The van der Waals surface area contributed by atoms with Gasteiger partial charge in [-0.2, -0.15) is 0 Å². The maximum Gasteiger partial charge on any atom is 0.163 e. The van der Waals surface area contributed by atoms with Crippen molar-refractivity contribution in [2.75, 3.05) is 0 Å². The maximum absolute atomic E-state index is 12.1. The van der Waals surface area contributed by atoms with Crippen molar-refractivity contribution in [2.45, 2.75) is 26.2 Å².